The smallest absolute Gasteiger partial charge is 0.270 e. The largest absolute Gasteiger partial charge is 0.335 e. The van der Waals surface area contributed by atoms with Crippen LogP contribution < -0.4 is 5.32 Å². The minimum absolute atomic E-state index is 0.215. The summed E-state index contributed by atoms with van der Waals surface area (Å²) in [5.41, 5.74) is -0.144. The SMILES string of the molecule is C#CC(C)(C)NC(=O)c1cncn1C. The van der Waals surface area contributed by atoms with Crippen LogP contribution in [0.1, 0.15) is 24.3 Å². The van der Waals surface area contributed by atoms with Crippen molar-refractivity contribution in [1.82, 2.24) is 14.9 Å². The average molecular weight is 191 g/mol. The summed E-state index contributed by atoms with van der Waals surface area (Å²) < 4.78 is 1.64. The van der Waals surface area contributed by atoms with Gasteiger partial charge in [-0.3, -0.25) is 4.79 Å². The van der Waals surface area contributed by atoms with E-state index in [1.165, 1.54) is 6.20 Å². The maximum absolute atomic E-state index is 11.6. The third kappa shape index (κ3) is 2.13. The van der Waals surface area contributed by atoms with Gasteiger partial charge in [-0.1, -0.05) is 5.92 Å². The molecule has 1 rings (SSSR count). The lowest BCUT2D eigenvalue weighted by Crippen LogP contribution is -2.42. The number of terminal acetylenes is 1. The van der Waals surface area contributed by atoms with Crippen molar-refractivity contribution >= 4 is 5.91 Å². The number of rotatable bonds is 2. The van der Waals surface area contributed by atoms with E-state index in [9.17, 15) is 4.79 Å². The zero-order valence-electron chi connectivity index (χ0n) is 8.53. The summed E-state index contributed by atoms with van der Waals surface area (Å²) in [6.07, 6.45) is 8.33. The van der Waals surface area contributed by atoms with Crippen molar-refractivity contribution in [2.75, 3.05) is 0 Å². The zero-order chi connectivity index (χ0) is 10.8. The number of carbonyl (C=O) groups excluding carboxylic acids is 1. The fourth-order valence-corrected chi connectivity index (χ4v) is 0.960. The van der Waals surface area contributed by atoms with Gasteiger partial charge in [-0.05, 0) is 13.8 Å². The highest BCUT2D eigenvalue weighted by Gasteiger charge is 2.19. The molecule has 0 radical (unpaired) electrons. The Kier molecular flexibility index (Phi) is 2.61. The van der Waals surface area contributed by atoms with Gasteiger partial charge in [-0.25, -0.2) is 4.98 Å². The summed E-state index contributed by atoms with van der Waals surface area (Å²) in [7, 11) is 1.75. The second-order valence-electron chi connectivity index (χ2n) is 3.61. The van der Waals surface area contributed by atoms with Crippen molar-refractivity contribution in [3.05, 3.63) is 18.2 Å². The molecule has 0 atom stereocenters. The van der Waals surface area contributed by atoms with Crippen LogP contribution in [-0.4, -0.2) is 21.0 Å². The molecule has 0 unspecified atom stereocenters. The fourth-order valence-electron chi connectivity index (χ4n) is 0.960. The number of nitrogens with one attached hydrogen (secondary N) is 1. The monoisotopic (exact) mass is 191 g/mol. The molecule has 0 bridgehead atoms. The summed E-state index contributed by atoms with van der Waals surface area (Å²) >= 11 is 0. The van der Waals surface area contributed by atoms with Crippen LogP contribution in [0.4, 0.5) is 0 Å². The van der Waals surface area contributed by atoms with Crippen LogP contribution >= 0.6 is 0 Å². The molecule has 4 heteroatoms. The topological polar surface area (TPSA) is 46.9 Å². The predicted molar refractivity (Wildman–Crippen MR) is 53.6 cm³/mol. The summed E-state index contributed by atoms with van der Waals surface area (Å²) in [6.45, 7) is 3.53. The Morgan fingerprint density at radius 2 is 2.36 bits per heavy atom. The Balaban J connectivity index is 2.80. The lowest BCUT2D eigenvalue weighted by Gasteiger charge is -2.19. The molecule has 0 saturated heterocycles. The van der Waals surface area contributed by atoms with E-state index in [0.29, 0.717) is 5.69 Å². The normalized spacial score (nSPS) is 10.7. The second-order valence-corrected chi connectivity index (χ2v) is 3.61. The lowest BCUT2D eigenvalue weighted by atomic mass is 10.1. The summed E-state index contributed by atoms with van der Waals surface area (Å²) in [5, 5.41) is 2.71. The quantitative estimate of drug-likeness (QED) is 0.694. The van der Waals surface area contributed by atoms with E-state index in [2.05, 4.69) is 16.2 Å². The first kappa shape index (κ1) is 10.3. The number of hydrogen-bond donors (Lipinski definition) is 1. The van der Waals surface area contributed by atoms with Crippen LogP contribution in [0.15, 0.2) is 12.5 Å². The molecule has 0 saturated carbocycles. The molecular formula is C10H13N3O. The Labute approximate surface area is 83.3 Å². The van der Waals surface area contributed by atoms with Crippen molar-refractivity contribution in [2.45, 2.75) is 19.4 Å². The van der Waals surface area contributed by atoms with Gasteiger partial charge in [0, 0.05) is 7.05 Å². The standard InChI is InChI=1S/C10H13N3O/c1-5-10(2,3)12-9(14)8-6-11-7-13(8)4/h1,6-7H,2-4H3,(H,12,14). The Hall–Kier alpha value is -1.76. The molecular weight excluding hydrogens is 178 g/mol. The second kappa shape index (κ2) is 3.54. The first-order valence-corrected chi connectivity index (χ1v) is 4.23. The number of carbonyl (C=O) groups is 1. The summed E-state index contributed by atoms with van der Waals surface area (Å²) in [5.74, 6) is 2.28. The Morgan fingerprint density at radius 1 is 1.71 bits per heavy atom. The molecule has 0 aliphatic rings. The maximum Gasteiger partial charge on any atom is 0.270 e. The van der Waals surface area contributed by atoms with E-state index in [-0.39, 0.29) is 5.91 Å². The van der Waals surface area contributed by atoms with Gasteiger partial charge in [-0.2, -0.15) is 0 Å². The number of aryl methyl sites for hydroxylation is 1. The number of nitrogens with zero attached hydrogens (tertiary/aromatic N) is 2. The highest BCUT2D eigenvalue weighted by Crippen LogP contribution is 2.03. The van der Waals surface area contributed by atoms with Gasteiger partial charge < -0.3 is 9.88 Å². The van der Waals surface area contributed by atoms with Gasteiger partial charge in [0.1, 0.15) is 5.69 Å². The minimum atomic E-state index is -0.638. The van der Waals surface area contributed by atoms with Crippen LogP contribution in [0, 0.1) is 12.3 Å². The summed E-state index contributed by atoms with van der Waals surface area (Å²) in [4.78, 5) is 15.5. The molecule has 1 aromatic heterocycles. The Bertz CT molecular complexity index is 384. The molecule has 74 valence electrons. The number of imidazole rings is 1. The molecule has 14 heavy (non-hydrogen) atoms. The lowest BCUT2D eigenvalue weighted by molar-refractivity contribution is 0.0921. The van der Waals surface area contributed by atoms with Crippen LogP contribution in [-0.2, 0) is 7.05 Å². The minimum Gasteiger partial charge on any atom is -0.335 e. The number of hydrogen-bond acceptors (Lipinski definition) is 2. The number of amides is 1. The van der Waals surface area contributed by atoms with Crippen molar-refractivity contribution in [3.8, 4) is 12.3 Å². The maximum atomic E-state index is 11.6. The van der Waals surface area contributed by atoms with E-state index in [1.54, 1.807) is 31.8 Å². The van der Waals surface area contributed by atoms with Crippen molar-refractivity contribution in [1.29, 1.82) is 0 Å². The van der Waals surface area contributed by atoms with E-state index >= 15 is 0 Å². The molecule has 1 heterocycles. The van der Waals surface area contributed by atoms with Crippen molar-refractivity contribution in [3.63, 3.8) is 0 Å². The summed E-state index contributed by atoms with van der Waals surface area (Å²) in [6, 6.07) is 0. The average Bonchev–Trinajstić information content (AvgIpc) is 2.51. The molecule has 0 aliphatic carbocycles. The molecule has 0 fully saturated rings. The van der Waals surface area contributed by atoms with Crippen molar-refractivity contribution in [2.24, 2.45) is 7.05 Å². The molecule has 0 spiro atoms. The first-order valence-electron chi connectivity index (χ1n) is 4.23. The zero-order valence-corrected chi connectivity index (χ0v) is 8.53. The van der Waals surface area contributed by atoms with Gasteiger partial charge >= 0.3 is 0 Å². The van der Waals surface area contributed by atoms with E-state index < -0.39 is 5.54 Å². The third-order valence-electron chi connectivity index (χ3n) is 1.84. The number of aromatic nitrogens is 2. The van der Waals surface area contributed by atoms with Gasteiger partial charge in [-0.15, -0.1) is 6.42 Å². The highest BCUT2D eigenvalue weighted by atomic mass is 16.2. The highest BCUT2D eigenvalue weighted by molar-refractivity contribution is 5.93. The van der Waals surface area contributed by atoms with E-state index in [4.69, 9.17) is 6.42 Å². The van der Waals surface area contributed by atoms with Crippen LogP contribution in [0.25, 0.3) is 0 Å². The van der Waals surface area contributed by atoms with Gasteiger partial charge in [0.05, 0.1) is 18.1 Å². The van der Waals surface area contributed by atoms with E-state index in [1.807, 2.05) is 0 Å². The van der Waals surface area contributed by atoms with Crippen LogP contribution in [0.5, 0.6) is 0 Å². The van der Waals surface area contributed by atoms with Gasteiger partial charge in [0.2, 0.25) is 0 Å². The van der Waals surface area contributed by atoms with Gasteiger partial charge in [0.25, 0.3) is 5.91 Å². The fraction of sp³-hybridized carbons (Fsp3) is 0.400. The van der Waals surface area contributed by atoms with Crippen molar-refractivity contribution < 1.29 is 4.79 Å². The predicted octanol–water partition coefficient (Wildman–Crippen LogP) is 0.562. The molecule has 4 nitrogen and oxygen atoms in total. The molecule has 1 N–H and O–H groups in total. The first-order chi connectivity index (χ1) is 6.46. The molecule has 1 amide bonds. The van der Waals surface area contributed by atoms with Gasteiger partial charge in [0.15, 0.2) is 0 Å². The van der Waals surface area contributed by atoms with E-state index in [0.717, 1.165) is 0 Å². The molecule has 0 aliphatic heterocycles. The molecule has 0 aromatic carbocycles. The molecule has 1 aromatic rings. The van der Waals surface area contributed by atoms with Crippen LogP contribution in [0.2, 0.25) is 0 Å². The van der Waals surface area contributed by atoms with Crippen LogP contribution in [0.3, 0.4) is 0 Å². The third-order valence-corrected chi connectivity index (χ3v) is 1.84. The Morgan fingerprint density at radius 3 is 2.79 bits per heavy atom.